The molecule has 0 bridgehead atoms. The maximum absolute atomic E-state index is 5.42. The zero-order valence-electron chi connectivity index (χ0n) is 11.1. The predicted molar refractivity (Wildman–Crippen MR) is 79.2 cm³/mol. The van der Waals surface area contributed by atoms with Crippen LogP contribution in [0.3, 0.4) is 0 Å². The topological polar surface area (TPSA) is 27.7 Å². The van der Waals surface area contributed by atoms with Crippen LogP contribution >= 0.6 is 15.9 Å². The Morgan fingerprint density at radius 1 is 0.789 bits per heavy atom. The van der Waals surface area contributed by atoms with Crippen molar-refractivity contribution in [3.05, 3.63) is 40.9 Å². The number of hydrogen-bond donors (Lipinski definition) is 0. The monoisotopic (exact) mass is 322 g/mol. The molecule has 2 rings (SSSR count). The van der Waals surface area contributed by atoms with Crippen LogP contribution in [0.15, 0.2) is 40.9 Å². The summed E-state index contributed by atoms with van der Waals surface area (Å²) in [6.07, 6.45) is 0. The van der Waals surface area contributed by atoms with Gasteiger partial charge in [-0.15, -0.1) is 0 Å². The van der Waals surface area contributed by atoms with E-state index in [1.165, 1.54) is 0 Å². The Bertz CT molecular complexity index is 559. The van der Waals surface area contributed by atoms with Crippen molar-refractivity contribution >= 4 is 15.9 Å². The highest BCUT2D eigenvalue weighted by Gasteiger charge is 2.09. The first-order valence-electron chi connectivity index (χ1n) is 5.75. The Kier molecular flexibility index (Phi) is 4.32. The van der Waals surface area contributed by atoms with E-state index in [1.807, 2.05) is 36.4 Å². The molecule has 0 fully saturated rings. The fourth-order valence-corrected chi connectivity index (χ4v) is 2.21. The summed E-state index contributed by atoms with van der Waals surface area (Å²) in [5.41, 5.74) is 1.98. The average molecular weight is 323 g/mol. The van der Waals surface area contributed by atoms with Crippen molar-refractivity contribution in [2.75, 3.05) is 21.3 Å². The van der Waals surface area contributed by atoms with E-state index in [0.29, 0.717) is 0 Å². The van der Waals surface area contributed by atoms with Crippen LogP contribution in [0, 0.1) is 0 Å². The van der Waals surface area contributed by atoms with Gasteiger partial charge in [0.2, 0.25) is 0 Å². The van der Waals surface area contributed by atoms with Crippen LogP contribution in [-0.4, -0.2) is 21.3 Å². The Morgan fingerprint density at radius 2 is 1.42 bits per heavy atom. The van der Waals surface area contributed by atoms with Crippen molar-refractivity contribution in [3.8, 4) is 28.4 Å². The zero-order chi connectivity index (χ0) is 13.8. The summed E-state index contributed by atoms with van der Waals surface area (Å²) >= 11 is 3.44. The molecule has 0 atom stereocenters. The number of halogens is 1. The van der Waals surface area contributed by atoms with Crippen molar-refractivity contribution in [2.24, 2.45) is 0 Å². The fraction of sp³-hybridized carbons (Fsp3) is 0.200. The normalized spacial score (nSPS) is 10.1. The summed E-state index contributed by atoms with van der Waals surface area (Å²) in [4.78, 5) is 0. The van der Waals surface area contributed by atoms with Gasteiger partial charge in [-0.3, -0.25) is 0 Å². The highest BCUT2D eigenvalue weighted by Crippen LogP contribution is 2.36. The molecule has 0 saturated carbocycles. The van der Waals surface area contributed by atoms with Crippen LogP contribution in [0.5, 0.6) is 17.2 Å². The van der Waals surface area contributed by atoms with Gasteiger partial charge in [-0.05, 0) is 35.9 Å². The summed E-state index contributed by atoms with van der Waals surface area (Å²) in [5.74, 6) is 2.29. The molecule has 0 amide bonds. The van der Waals surface area contributed by atoms with Crippen molar-refractivity contribution in [3.63, 3.8) is 0 Å². The van der Waals surface area contributed by atoms with E-state index < -0.39 is 0 Å². The highest BCUT2D eigenvalue weighted by molar-refractivity contribution is 9.10. The Morgan fingerprint density at radius 3 is 1.95 bits per heavy atom. The molecule has 0 heterocycles. The molecular formula is C15H15BrO3. The lowest BCUT2D eigenvalue weighted by Crippen LogP contribution is -1.91. The van der Waals surface area contributed by atoms with Gasteiger partial charge in [0.25, 0.3) is 0 Å². The third kappa shape index (κ3) is 3.01. The van der Waals surface area contributed by atoms with Crippen LogP contribution in [0.2, 0.25) is 0 Å². The molecule has 0 aliphatic carbocycles. The second-order valence-electron chi connectivity index (χ2n) is 3.95. The second kappa shape index (κ2) is 5.97. The molecule has 0 N–H and O–H groups in total. The third-order valence-electron chi connectivity index (χ3n) is 2.83. The zero-order valence-corrected chi connectivity index (χ0v) is 12.7. The number of ether oxygens (including phenoxy) is 3. The quantitative estimate of drug-likeness (QED) is 0.846. The summed E-state index contributed by atoms with van der Waals surface area (Å²) < 4.78 is 17.0. The standard InChI is InChI=1S/C15H15BrO3/c1-17-12-6-10(7-13(9-12)18-2)14-5-4-11(16)8-15(14)19-3/h4-9H,1-3H3. The van der Waals surface area contributed by atoms with Crippen molar-refractivity contribution in [1.29, 1.82) is 0 Å². The molecule has 2 aromatic carbocycles. The maximum Gasteiger partial charge on any atom is 0.127 e. The molecule has 0 aliphatic heterocycles. The van der Waals surface area contributed by atoms with E-state index >= 15 is 0 Å². The highest BCUT2D eigenvalue weighted by atomic mass is 79.9. The molecular weight excluding hydrogens is 308 g/mol. The lowest BCUT2D eigenvalue weighted by atomic mass is 10.0. The molecule has 0 radical (unpaired) electrons. The minimum Gasteiger partial charge on any atom is -0.497 e. The minimum atomic E-state index is 0.749. The van der Waals surface area contributed by atoms with E-state index in [-0.39, 0.29) is 0 Å². The van der Waals surface area contributed by atoms with Crippen LogP contribution < -0.4 is 14.2 Å². The van der Waals surface area contributed by atoms with Gasteiger partial charge in [0.1, 0.15) is 17.2 Å². The largest absolute Gasteiger partial charge is 0.497 e. The molecule has 0 spiro atoms. The number of methoxy groups -OCH3 is 3. The molecule has 0 unspecified atom stereocenters. The number of hydrogen-bond acceptors (Lipinski definition) is 3. The van der Waals surface area contributed by atoms with Gasteiger partial charge in [-0.2, -0.15) is 0 Å². The SMILES string of the molecule is COc1cc(OC)cc(-c2ccc(Br)cc2OC)c1. The molecule has 19 heavy (non-hydrogen) atoms. The Labute approximate surface area is 121 Å². The Balaban J connectivity index is 2.57. The van der Waals surface area contributed by atoms with Gasteiger partial charge in [0.15, 0.2) is 0 Å². The number of rotatable bonds is 4. The second-order valence-corrected chi connectivity index (χ2v) is 4.86. The average Bonchev–Trinajstić information content (AvgIpc) is 2.46. The van der Waals surface area contributed by atoms with E-state index in [1.54, 1.807) is 21.3 Å². The summed E-state index contributed by atoms with van der Waals surface area (Å²) in [7, 11) is 4.93. The van der Waals surface area contributed by atoms with Gasteiger partial charge >= 0.3 is 0 Å². The molecule has 0 aromatic heterocycles. The first-order chi connectivity index (χ1) is 9.17. The summed E-state index contributed by atoms with van der Waals surface area (Å²) in [6.45, 7) is 0. The van der Waals surface area contributed by atoms with E-state index in [4.69, 9.17) is 14.2 Å². The van der Waals surface area contributed by atoms with Gasteiger partial charge in [0, 0.05) is 16.1 Å². The van der Waals surface area contributed by atoms with Crippen LogP contribution in [0.1, 0.15) is 0 Å². The van der Waals surface area contributed by atoms with Gasteiger partial charge in [-0.1, -0.05) is 15.9 Å². The summed E-state index contributed by atoms with van der Waals surface area (Å²) in [5, 5.41) is 0. The van der Waals surface area contributed by atoms with Crippen molar-refractivity contribution in [1.82, 2.24) is 0 Å². The first-order valence-corrected chi connectivity index (χ1v) is 6.54. The maximum atomic E-state index is 5.42. The molecule has 100 valence electrons. The molecule has 3 nitrogen and oxygen atoms in total. The van der Waals surface area contributed by atoms with Gasteiger partial charge < -0.3 is 14.2 Å². The first kappa shape index (κ1) is 13.7. The van der Waals surface area contributed by atoms with Crippen molar-refractivity contribution < 1.29 is 14.2 Å². The van der Waals surface area contributed by atoms with Crippen LogP contribution in [0.4, 0.5) is 0 Å². The smallest absolute Gasteiger partial charge is 0.127 e. The molecule has 4 heteroatoms. The summed E-state index contributed by atoms with van der Waals surface area (Å²) in [6, 6.07) is 11.7. The molecule has 0 aliphatic rings. The fourth-order valence-electron chi connectivity index (χ4n) is 1.87. The van der Waals surface area contributed by atoms with Crippen molar-refractivity contribution in [2.45, 2.75) is 0 Å². The number of benzene rings is 2. The minimum absolute atomic E-state index is 0.749. The van der Waals surface area contributed by atoms with E-state index in [0.717, 1.165) is 32.8 Å². The van der Waals surface area contributed by atoms with Crippen LogP contribution in [0.25, 0.3) is 11.1 Å². The lowest BCUT2D eigenvalue weighted by Gasteiger charge is -2.12. The van der Waals surface area contributed by atoms with Crippen LogP contribution in [-0.2, 0) is 0 Å². The van der Waals surface area contributed by atoms with Gasteiger partial charge in [-0.25, -0.2) is 0 Å². The lowest BCUT2D eigenvalue weighted by molar-refractivity contribution is 0.394. The van der Waals surface area contributed by atoms with E-state index in [2.05, 4.69) is 15.9 Å². The van der Waals surface area contributed by atoms with E-state index in [9.17, 15) is 0 Å². The third-order valence-corrected chi connectivity index (χ3v) is 3.32. The Hall–Kier alpha value is -1.68. The molecule has 2 aromatic rings. The predicted octanol–water partition coefficient (Wildman–Crippen LogP) is 4.14. The van der Waals surface area contributed by atoms with Gasteiger partial charge in [0.05, 0.1) is 21.3 Å². The molecule has 0 saturated heterocycles.